The molecule has 4 heteroatoms. The number of rotatable bonds is 2. The summed E-state index contributed by atoms with van der Waals surface area (Å²) in [7, 11) is 0. The summed E-state index contributed by atoms with van der Waals surface area (Å²) in [6, 6.07) is 4.59. The summed E-state index contributed by atoms with van der Waals surface area (Å²) in [4.78, 5) is 0. The van der Waals surface area contributed by atoms with Crippen molar-refractivity contribution in [1.29, 1.82) is 0 Å². The van der Waals surface area contributed by atoms with Crippen LogP contribution in [0.4, 0.5) is 0 Å². The van der Waals surface area contributed by atoms with Crippen LogP contribution in [-0.4, -0.2) is 29.7 Å². The highest BCUT2D eigenvalue weighted by Gasteiger charge is 2.40. The summed E-state index contributed by atoms with van der Waals surface area (Å²) in [5.74, 6) is -0.241. The Kier molecular flexibility index (Phi) is 2.61. The Morgan fingerprint density at radius 2 is 1.69 bits per heavy atom. The van der Waals surface area contributed by atoms with E-state index in [-0.39, 0.29) is 5.79 Å². The van der Waals surface area contributed by atoms with Gasteiger partial charge < -0.3 is 14.9 Å². The smallest absolute Gasteiger partial charge is 0.168 e. The maximum absolute atomic E-state index is 5.71. The lowest BCUT2D eigenvalue weighted by molar-refractivity contribution is -0.178. The quantitative estimate of drug-likeness (QED) is 0.827. The topological polar surface area (TPSA) is 35.4 Å². The third-order valence-corrected chi connectivity index (χ3v) is 3.50. The molecule has 1 aliphatic heterocycles. The number of nitrogens with one attached hydrogen (secondary N) is 1. The molecule has 1 N–H and O–H groups in total. The molecule has 1 saturated heterocycles. The molecule has 1 spiro atoms. The van der Waals surface area contributed by atoms with Gasteiger partial charge in [-0.05, 0) is 25.0 Å². The van der Waals surface area contributed by atoms with Crippen LogP contribution in [0.25, 0.3) is 0 Å². The molecule has 0 atom stereocenters. The van der Waals surface area contributed by atoms with Crippen LogP contribution in [-0.2, 0) is 9.47 Å². The van der Waals surface area contributed by atoms with Gasteiger partial charge in [0.05, 0.1) is 13.2 Å². The van der Waals surface area contributed by atoms with Gasteiger partial charge >= 0.3 is 0 Å². The second-order valence-electron chi connectivity index (χ2n) is 4.60. The number of nitrogens with zero attached hydrogens (tertiary/aromatic N) is 1. The first kappa shape index (κ1) is 10.2. The summed E-state index contributed by atoms with van der Waals surface area (Å²) >= 11 is 0. The molecule has 1 aromatic heterocycles. The largest absolute Gasteiger partial charge is 0.348 e. The minimum atomic E-state index is -0.241. The predicted octanol–water partition coefficient (Wildman–Crippen LogP) is 1.72. The Morgan fingerprint density at radius 3 is 2.31 bits per heavy atom. The van der Waals surface area contributed by atoms with Crippen molar-refractivity contribution < 1.29 is 9.47 Å². The first-order valence-electron chi connectivity index (χ1n) is 6.04. The van der Waals surface area contributed by atoms with Gasteiger partial charge in [0.1, 0.15) is 0 Å². The fourth-order valence-electron chi connectivity index (χ4n) is 2.60. The van der Waals surface area contributed by atoms with E-state index >= 15 is 0 Å². The van der Waals surface area contributed by atoms with Gasteiger partial charge in [-0.3, -0.25) is 4.68 Å². The van der Waals surface area contributed by atoms with Crippen LogP contribution in [0.2, 0.25) is 0 Å². The summed E-state index contributed by atoms with van der Waals surface area (Å²) in [5.41, 5.74) is 3.47. The molecular formula is C12H18N2O2. The van der Waals surface area contributed by atoms with Crippen molar-refractivity contribution in [3.63, 3.8) is 0 Å². The Morgan fingerprint density at radius 1 is 1.06 bits per heavy atom. The van der Waals surface area contributed by atoms with Gasteiger partial charge in [0.15, 0.2) is 5.79 Å². The summed E-state index contributed by atoms with van der Waals surface area (Å²) < 4.78 is 13.4. The third kappa shape index (κ3) is 1.95. The van der Waals surface area contributed by atoms with Crippen molar-refractivity contribution in [3.8, 4) is 0 Å². The molecule has 0 aromatic carbocycles. The van der Waals surface area contributed by atoms with Crippen molar-refractivity contribution in [2.24, 2.45) is 0 Å². The molecule has 2 fully saturated rings. The van der Waals surface area contributed by atoms with Gasteiger partial charge in [-0.25, -0.2) is 0 Å². The molecular weight excluding hydrogens is 204 g/mol. The summed E-state index contributed by atoms with van der Waals surface area (Å²) in [5, 5.41) is 0. The lowest BCUT2D eigenvalue weighted by atomic mass is 9.90. The molecule has 88 valence electrons. The van der Waals surface area contributed by atoms with Crippen LogP contribution >= 0.6 is 0 Å². The molecule has 0 bridgehead atoms. The van der Waals surface area contributed by atoms with Crippen LogP contribution < -0.4 is 5.43 Å². The van der Waals surface area contributed by atoms with Crippen molar-refractivity contribution in [3.05, 3.63) is 24.5 Å². The van der Waals surface area contributed by atoms with E-state index in [4.69, 9.17) is 9.47 Å². The normalized spacial score (nSPS) is 25.0. The first-order chi connectivity index (χ1) is 7.86. The highest BCUT2D eigenvalue weighted by Crippen LogP contribution is 2.35. The van der Waals surface area contributed by atoms with E-state index in [0.29, 0.717) is 6.04 Å². The number of hydrogen-bond acceptors (Lipinski definition) is 3. The zero-order valence-corrected chi connectivity index (χ0v) is 9.39. The molecule has 0 radical (unpaired) electrons. The van der Waals surface area contributed by atoms with Gasteiger partial charge in [0.2, 0.25) is 0 Å². The lowest BCUT2D eigenvalue weighted by Crippen LogP contribution is -2.40. The second-order valence-corrected chi connectivity index (χ2v) is 4.60. The minimum Gasteiger partial charge on any atom is -0.348 e. The molecule has 2 heterocycles. The first-order valence-corrected chi connectivity index (χ1v) is 6.04. The second kappa shape index (κ2) is 4.11. The van der Waals surface area contributed by atoms with Gasteiger partial charge in [-0.2, -0.15) is 0 Å². The lowest BCUT2D eigenvalue weighted by Gasteiger charge is -2.36. The maximum Gasteiger partial charge on any atom is 0.168 e. The van der Waals surface area contributed by atoms with E-state index < -0.39 is 0 Å². The average Bonchev–Trinajstić information content (AvgIpc) is 2.94. The standard InChI is InChI=1S/C12H18N2O2/c1-2-8-14(7-1)13-11-3-5-12(6-4-11)15-9-10-16-12/h1-2,7-8,11,13H,3-6,9-10H2. The molecule has 2 aliphatic rings. The number of hydrogen-bond donors (Lipinski definition) is 1. The summed E-state index contributed by atoms with van der Waals surface area (Å²) in [6.07, 6.45) is 8.30. The molecule has 1 aromatic rings. The van der Waals surface area contributed by atoms with Crippen molar-refractivity contribution in [2.45, 2.75) is 37.5 Å². The Balaban J connectivity index is 1.54. The minimum absolute atomic E-state index is 0.241. The van der Waals surface area contributed by atoms with Gasteiger partial charge in [-0.1, -0.05) is 0 Å². The SMILES string of the molecule is c1ccn(NC2CCC3(CC2)OCCO3)c1. The van der Waals surface area contributed by atoms with E-state index in [2.05, 4.69) is 5.43 Å². The predicted molar refractivity (Wildman–Crippen MR) is 60.7 cm³/mol. The fraction of sp³-hybridized carbons (Fsp3) is 0.667. The Labute approximate surface area is 95.5 Å². The zero-order chi connectivity index (χ0) is 10.8. The van der Waals surface area contributed by atoms with Gasteiger partial charge in [-0.15, -0.1) is 0 Å². The fourth-order valence-corrected chi connectivity index (χ4v) is 2.60. The molecule has 1 saturated carbocycles. The highest BCUT2D eigenvalue weighted by atomic mass is 16.7. The summed E-state index contributed by atoms with van der Waals surface area (Å²) in [6.45, 7) is 1.52. The van der Waals surface area contributed by atoms with Crippen LogP contribution in [0, 0.1) is 0 Å². The number of ether oxygens (including phenoxy) is 2. The van der Waals surface area contributed by atoms with E-state index in [0.717, 1.165) is 38.9 Å². The Bertz CT molecular complexity index is 321. The molecule has 3 rings (SSSR count). The van der Waals surface area contributed by atoms with E-state index in [1.54, 1.807) is 0 Å². The number of aromatic nitrogens is 1. The van der Waals surface area contributed by atoms with Gasteiger partial charge in [0.25, 0.3) is 0 Å². The molecule has 4 nitrogen and oxygen atoms in total. The van der Waals surface area contributed by atoms with Gasteiger partial charge in [0, 0.05) is 31.3 Å². The van der Waals surface area contributed by atoms with E-state index in [1.807, 2.05) is 29.2 Å². The average molecular weight is 222 g/mol. The van der Waals surface area contributed by atoms with E-state index in [1.165, 1.54) is 0 Å². The molecule has 1 aliphatic carbocycles. The molecule has 0 amide bonds. The van der Waals surface area contributed by atoms with Crippen molar-refractivity contribution >= 4 is 0 Å². The maximum atomic E-state index is 5.71. The molecule has 0 unspecified atom stereocenters. The van der Waals surface area contributed by atoms with Crippen LogP contribution in [0.1, 0.15) is 25.7 Å². The monoisotopic (exact) mass is 222 g/mol. The van der Waals surface area contributed by atoms with Crippen molar-refractivity contribution in [2.75, 3.05) is 18.6 Å². The third-order valence-electron chi connectivity index (χ3n) is 3.50. The van der Waals surface area contributed by atoms with Crippen LogP contribution in [0.15, 0.2) is 24.5 Å². The van der Waals surface area contributed by atoms with Crippen molar-refractivity contribution in [1.82, 2.24) is 4.68 Å². The van der Waals surface area contributed by atoms with E-state index in [9.17, 15) is 0 Å². The molecule has 16 heavy (non-hydrogen) atoms. The zero-order valence-electron chi connectivity index (χ0n) is 9.39. The Hall–Kier alpha value is -1.00. The van der Waals surface area contributed by atoms with Crippen LogP contribution in [0.5, 0.6) is 0 Å². The highest BCUT2D eigenvalue weighted by molar-refractivity contribution is 4.97. The van der Waals surface area contributed by atoms with Crippen LogP contribution in [0.3, 0.4) is 0 Å².